The van der Waals surface area contributed by atoms with Crippen molar-refractivity contribution in [2.24, 2.45) is 10.00 Å². The van der Waals surface area contributed by atoms with Gasteiger partial charge in [-0.25, -0.2) is 0 Å². The van der Waals surface area contributed by atoms with Gasteiger partial charge in [0.15, 0.2) is 33.7 Å². The van der Waals surface area contributed by atoms with E-state index in [1.807, 2.05) is 0 Å². The highest BCUT2D eigenvalue weighted by atomic mass is 36.1. The summed E-state index contributed by atoms with van der Waals surface area (Å²) < 4.78 is 0. The van der Waals surface area contributed by atoms with Gasteiger partial charge in [-0.2, -0.15) is 0 Å². The van der Waals surface area contributed by atoms with Gasteiger partial charge < -0.3 is 5.11 Å². The lowest BCUT2D eigenvalue weighted by atomic mass is 10.1. The molecule has 11 heteroatoms. The summed E-state index contributed by atoms with van der Waals surface area (Å²) in [6.45, 7) is 0. The van der Waals surface area contributed by atoms with Crippen LogP contribution in [0.25, 0.3) is 0 Å². The Balaban J connectivity index is 2.62. The van der Waals surface area contributed by atoms with Gasteiger partial charge in [-0.1, -0.05) is 28.8 Å². The lowest BCUT2D eigenvalue weighted by molar-refractivity contribution is -0.384. The van der Waals surface area contributed by atoms with E-state index in [1.54, 1.807) is 12.1 Å². The maximum absolute atomic E-state index is 10.5. The first-order chi connectivity index (χ1) is 9.09. The quantitative estimate of drug-likeness (QED) is 0.182. The normalized spacial score (nSPS) is 15.2. The minimum absolute atomic E-state index is 0.0144. The van der Waals surface area contributed by atoms with E-state index in [0.29, 0.717) is 6.42 Å². The highest BCUT2D eigenvalue weighted by Crippen LogP contribution is 2.75. The molecule has 1 atom stereocenters. The van der Waals surface area contributed by atoms with E-state index in [1.165, 1.54) is 12.1 Å². The number of nitro groups is 1. The summed E-state index contributed by atoms with van der Waals surface area (Å²) in [5.41, 5.74) is -2.34. The van der Waals surface area contributed by atoms with Crippen LogP contribution < -0.4 is 0 Å². The number of non-ortho nitro benzene ring substituents is 1. The monoisotopic (exact) mass is 378 g/mol. The molecule has 1 aromatic rings. The number of alkyl halides is 1. The van der Waals surface area contributed by atoms with Crippen LogP contribution >= 0.6 is 50.8 Å². The van der Waals surface area contributed by atoms with E-state index < -0.39 is 15.6 Å². The summed E-state index contributed by atoms with van der Waals surface area (Å²) in [6.07, 6.45) is 0.343. The van der Waals surface area contributed by atoms with Crippen LogP contribution in [0, 0.1) is 10.1 Å². The predicted octanol–water partition coefficient (Wildman–Crippen LogP) is 5.26. The number of aliphatic hydroxyl groups is 1. The van der Waals surface area contributed by atoms with Crippen LogP contribution in [-0.2, 0) is 6.42 Å². The smallest absolute Gasteiger partial charge is 0.356 e. The van der Waals surface area contributed by atoms with Crippen molar-refractivity contribution >= 4 is 56.5 Å². The molecule has 1 unspecified atom stereocenters. The lowest BCUT2D eigenvalue weighted by Gasteiger charge is -2.12. The zero-order valence-electron chi connectivity index (χ0n) is 9.79. The molecule has 1 aromatic carbocycles. The van der Waals surface area contributed by atoms with Crippen molar-refractivity contribution in [3.63, 3.8) is 0 Å². The average molecular weight is 380 g/mol. The molecule has 0 amide bonds. The highest BCUT2D eigenvalue weighted by Gasteiger charge is 2.36. The summed E-state index contributed by atoms with van der Waals surface area (Å²) in [5.74, 6) is 0. The van der Waals surface area contributed by atoms with Gasteiger partial charge in [-0.3, -0.25) is 10.1 Å². The molecule has 20 heavy (non-hydrogen) atoms. The number of hydrogen-bond acceptors (Lipinski definition) is 5. The van der Waals surface area contributed by atoms with Crippen molar-refractivity contribution in [1.29, 1.82) is 0 Å². The topological polar surface area (TPSA) is 88.1 Å². The first-order valence-electron chi connectivity index (χ1n) is 5.16. The minimum Gasteiger partial charge on any atom is -0.356 e. The number of benzene rings is 1. The molecule has 1 N–H and O–H groups in total. The van der Waals surface area contributed by atoms with Crippen LogP contribution in [0.3, 0.4) is 0 Å². The van der Waals surface area contributed by atoms with E-state index in [2.05, 4.69) is 10.00 Å². The Morgan fingerprint density at radius 1 is 1.30 bits per heavy atom. The largest absolute Gasteiger partial charge is 0.444 e. The Morgan fingerprint density at radius 3 is 2.30 bits per heavy atom. The minimum atomic E-state index is -3.07. The van der Waals surface area contributed by atoms with Crippen LogP contribution in [0.15, 0.2) is 34.3 Å². The van der Waals surface area contributed by atoms with Gasteiger partial charge in [0.05, 0.1) is 4.92 Å². The van der Waals surface area contributed by atoms with Crippen molar-refractivity contribution in [3.05, 3.63) is 39.9 Å². The number of nitro benzene ring substituents is 1. The number of rotatable bonds is 6. The van der Waals surface area contributed by atoms with Crippen LogP contribution in [-0.4, -0.2) is 15.2 Å². The molecule has 0 heterocycles. The summed E-state index contributed by atoms with van der Waals surface area (Å²) in [5, 5.41) is 21.6. The van der Waals surface area contributed by atoms with Gasteiger partial charge in [0.1, 0.15) is 0 Å². The van der Waals surface area contributed by atoms with Crippen LogP contribution in [0.2, 0.25) is 0 Å². The van der Waals surface area contributed by atoms with Gasteiger partial charge >= 0.3 is 5.47 Å². The molecule has 0 aliphatic carbocycles. The molecule has 0 aliphatic rings. The molecule has 0 saturated carbocycles. The third-order valence-corrected chi connectivity index (χ3v) is 3.34. The fourth-order valence-corrected chi connectivity index (χ4v) is 2.00. The molecule has 0 aliphatic heterocycles. The third kappa shape index (κ3) is 6.97. The van der Waals surface area contributed by atoms with E-state index in [9.17, 15) is 15.2 Å². The van der Waals surface area contributed by atoms with Crippen molar-refractivity contribution in [3.8, 4) is 0 Å². The Kier molecular flexibility index (Phi) is 6.38. The van der Waals surface area contributed by atoms with Gasteiger partial charge in [-0.05, 0) is 12.0 Å². The summed E-state index contributed by atoms with van der Waals surface area (Å²) >= 11 is 22.1. The summed E-state index contributed by atoms with van der Waals surface area (Å²) in [4.78, 5) is 13.3. The van der Waals surface area contributed by atoms with Crippen LogP contribution in [0.1, 0.15) is 12.0 Å². The molecule has 0 spiro atoms. The van der Waals surface area contributed by atoms with Crippen molar-refractivity contribution in [2.45, 2.75) is 18.0 Å². The molecule has 6 nitrogen and oxygen atoms in total. The molecule has 0 aromatic heterocycles. The standard InChI is InChI=1S/C9H9Cl4N3O3P/c10-9(17,14-15-20(11,12)13)6-5-7-1-3-8(4-2-7)16(18)19/h1-4,17H,5-6H2/q+1. The summed E-state index contributed by atoms with van der Waals surface area (Å²) in [7, 11) is 0. The summed E-state index contributed by atoms with van der Waals surface area (Å²) in [6, 6.07) is 5.84. The van der Waals surface area contributed by atoms with E-state index in [4.69, 9.17) is 45.3 Å². The maximum atomic E-state index is 10.5. The molecular formula is C9H9Cl4N3O3P+. The third-order valence-electron chi connectivity index (χ3n) is 2.18. The molecular weight excluding hydrogens is 371 g/mol. The maximum Gasteiger partial charge on any atom is 0.444 e. The Hall–Kier alpha value is -0.230. The van der Waals surface area contributed by atoms with Gasteiger partial charge in [0, 0.05) is 23.4 Å². The van der Waals surface area contributed by atoms with Crippen molar-refractivity contribution in [2.75, 3.05) is 0 Å². The van der Waals surface area contributed by atoms with E-state index in [0.717, 1.165) is 5.56 Å². The SMILES string of the molecule is O=[N+]([O-])c1ccc(CCC(O)(Cl)N=N[P+](Cl)(Cl)Cl)cc1. The Morgan fingerprint density at radius 2 is 1.85 bits per heavy atom. The Labute approximate surface area is 134 Å². The Bertz CT molecular complexity index is 504. The number of halogens is 4. The molecule has 0 bridgehead atoms. The second-order valence-electron chi connectivity index (χ2n) is 3.75. The van der Waals surface area contributed by atoms with Crippen LogP contribution in [0.5, 0.6) is 0 Å². The first-order valence-corrected chi connectivity index (χ1v) is 10.00. The number of hydrogen-bond donors (Lipinski definition) is 1. The van der Waals surface area contributed by atoms with Gasteiger partial charge in [-0.15, -0.1) is 0 Å². The molecule has 0 radical (unpaired) electrons. The fourth-order valence-electron chi connectivity index (χ4n) is 1.26. The second-order valence-corrected chi connectivity index (χ2v) is 11.3. The second kappa shape index (κ2) is 7.16. The number of nitrogens with zero attached hydrogens (tertiary/aromatic N) is 3. The molecule has 1 rings (SSSR count). The lowest BCUT2D eigenvalue weighted by Crippen LogP contribution is -2.17. The zero-order chi connectivity index (χ0) is 15.4. The van der Waals surface area contributed by atoms with Gasteiger partial charge in [0.25, 0.3) is 10.9 Å². The molecule has 0 fully saturated rings. The van der Waals surface area contributed by atoms with E-state index >= 15 is 0 Å². The zero-order valence-corrected chi connectivity index (χ0v) is 13.7. The molecule has 0 saturated heterocycles. The first kappa shape index (κ1) is 17.8. The highest BCUT2D eigenvalue weighted by molar-refractivity contribution is 8.31. The number of aryl methyl sites for hydroxylation is 1. The average Bonchev–Trinajstić information content (AvgIpc) is 2.34. The van der Waals surface area contributed by atoms with Gasteiger partial charge in [0.2, 0.25) is 0 Å². The van der Waals surface area contributed by atoms with Crippen LogP contribution in [0.4, 0.5) is 5.69 Å². The molecule has 110 valence electrons. The van der Waals surface area contributed by atoms with Crippen molar-refractivity contribution in [1.82, 2.24) is 0 Å². The van der Waals surface area contributed by atoms with E-state index in [-0.39, 0.29) is 12.1 Å². The van der Waals surface area contributed by atoms with Crippen molar-refractivity contribution < 1.29 is 10.0 Å². The predicted molar refractivity (Wildman–Crippen MR) is 81.6 cm³/mol. The fraction of sp³-hybridized carbons (Fsp3) is 0.333.